The van der Waals surface area contributed by atoms with Crippen molar-refractivity contribution in [2.45, 2.75) is 18.8 Å². The summed E-state index contributed by atoms with van der Waals surface area (Å²) in [6, 6.07) is 10.8. The molecule has 1 aliphatic heterocycles. The van der Waals surface area contributed by atoms with Gasteiger partial charge in [-0.3, -0.25) is 0 Å². The molecule has 0 unspecified atom stereocenters. The van der Waals surface area contributed by atoms with E-state index in [4.69, 9.17) is 0 Å². The molecule has 2 N–H and O–H groups in total. The predicted octanol–water partition coefficient (Wildman–Crippen LogP) is 2.63. The molecule has 1 fully saturated rings. The van der Waals surface area contributed by atoms with E-state index in [9.17, 15) is 0 Å². The van der Waals surface area contributed by atoms with Crippen molar-refractivity contribution in [3.05, 3.63) is 36.0 Å². The van der Waals surface area contributed by atoms with Gasteiger partial charge in [0.2, 0.25) is 0 Å². The van der Waals surface area contributed by atoms with Gasteiger partial charge in [-0.05, 0) is 36.9 Å². The first-order valence-corrected chi connectivity index (χ1v) is 5.72. The first-order chi connectivity index (χ1) is 7.43. The van der Waals surface area contributed by atoms with E-state index in [2.05, 4.69) is 40.6 Å². The van der Waals surface area contributed by atoms with E-state index in [0.29, 0.717) is 5.92 Å². The second kappa shape index (κ2) is 3.70. The third-order valence-corrected chi connectivity index (χ3v) is 3.29. The van der Waals surface area contributed by atoms with Crippen LogP contribution in [0.4, 0.5) is 0 Å². The quantitative estimate of drug-likeness (QED) is 0.727. The number of H-pyrrole nitrogens is 1. The fraction of sp³-hybridized carbons (Fsp3) is 0.385. The van der Waals surface area contributed by atoms with Crippen LogP contribution in [0.1, 0.15) is 24.5 Å². The Balaban J connectivity index is 1.96. The zero-order valence-electron chi connectivity index (χ0n) is 8.79. The van der Waals surface area contributed by atoms with Gasteiger partial charge >= 0.3 is 0 Å². The molecule has 0 amide bonds. The van der Waals surface area contributed by atoms with Crippen molar-refractivity contribution in [3.63, 3.8) is 0 Å². The van der Waals surface area contributed by atoms with E-state index < -0.39 is 0 Å². The summed E-state index contributed by atoms with van der Waals surface area (Å²) in [5.41, 5.74) is 2.65. The van der Waals surface area contributed by atoms with Gasteiger partial charge in [0.05, 0.1) is 0 Å². The highest BCUT2D eigenvalue weighted by molar-refractivity contribution is 5.80. The monoisotopic (exact) mass is 200 g/mol. The number of rotatable bonds is 1. The molecule has 0 saturated carbocycles. The lowest BCUT2D eigenvalue weighted by Crippen LogP contribution is -2.28. The van der Waals surface area contributed by atoms with Crippen molar-refractivity contribution in [1.82, 2.24) is 10.3 Å². The van der Waals surface area contributed by atoms with E-state index in [1.807, 2.05) is 0 Å². The second-order valence-corrected chi connectivity index (χ2v) is 4.36. The molecule has 2 nitrogen and oxygen atoms in total. The summed E-state index contributed by atoms with van der Waals surface area (Å²) in [5.74, 6) is 0.672. The molecule has 15 heavy (non-hydrogen) atoms. The summed E-state index contributed by atoms with van der Waals surface area (Å²) < 4.78 is 0. The van der Waals surface area contributed by atoms with Gasteiger partial charge < -0.3 is 10.3 Å². The highest BCUT2D eigenvalue weighted by atomic mass is 14.9. The molecular weight excluding hydrogens is 184 g/mol. The van der Waals surface area contributed by atoms with Crippen LogP contribution in [0, 0.1) is 0 Å². The SMILES string of the molecule is c1ccc2[nH]c([C@@H]3CCCNC3)cc2c1. The normalized spacial score (nSPS) is 22.0. The number of benzene rings is 1. The van der Waals surface area contributed by atoms with Crippen LogP contribution in [0.15, 0.2) is 30.3 Å². The average Bonchev–Trinajstić information content (AvgIpc) is 2.74. The largest absolute Gasteiger partial charge is 0.358 e. The highest BCUT2D eigenvalue weighted by Gasteiger charge is 2.16. The fourth-order valence-corrected chi connectivity index (χ4v) is 2.43. The average molecular weight is 200 g/mol. The predicted molar refractivity (Wildman–Crippen MR) is 63.1 cm³/mol. The molecule has 2 heterocycles. The number of hydrogen-bond acceptors (Lipinski definition) is 1. The van der Waals surface area contributed by atoms with Gasteiger partial charge in [-0.25, -0.2) is 0 Å². The van der Waals surface area contributed by atoms with E-state index in [1.165, 1.54) is 36.0 Å². The Kier molecular flexibility index (Phi) is 2.22. The molecule has 0 radical (unpaired) electrons. The zero-order chi connectivity index (χ0) is 10.1. The molecular formula is C13H16N2. The van der Waals surface area contributed by atoms with Gasteiger partial charge in [-0.2, -0.15) is 0 Å². The summed E-state index contributed by atoms with van der Waals surface area (Å²) in [7, 11) is 0. The molecule has 0 bridgehead atoms. The Morgan fingerprint density at radius 2 is 2.13 bits per heavy atom. The maximum atomic E-state index is 3.53. The van der Waals surface area contributed by atoms with Crippen LogP contribution in [0.25, 0.3) is 10.9 Å². The molecule has 3 rings (SSSR count). The van der Waals surface area contributed by atoms with E-state index in [-0.39, 0.29) is 0 Å². The lowest BCUT2D eigenvalue weighted by molar-refractivity contribution is 0.456. The standard InChI is InChI=1S/C13H16N2/c1-2-6-12-10(4-1)8-13(15-12)11-5-3-7-14-9-11/h1-2,4,6,8,11,14-15H,3,5,7,9H2/t11-/m1/s1. The van der Waals surface area contributed by atoms with Crippen LogP contribution in [-0.2, 0) is 0 Å². The first kappa shape index (κ1) is 8.98. The minimum absolute atomic E-state index is 0.672. The number of nitrogens with one attached hydrogen (secondary N) is 2. The third-order valence-electron chi connectivity index (χ3n) is 3.29. The van der Waals surface area contributed by atoms with Crippen molar-refractivity contribution in [2.75, 3.05) is 13.1 Å². The molecule has 1 aliphatic rings. The van der Waals surface area contributed by atoms with Crippen molar-refractivity contribution >= 4 is 10.9 Å². The smallest absolute Gasteiger partial charge is 0.0456 e. The molecule has 1 saturated heterocycles. The lowest BCUT2D eigenvalue weighted by atomic mass is 9.96. The molecule has 0 aliphatic carbocycles. The summed E-state index contributed by atoms with van der Waals surface area (Å²) in [5, 5.41) is 4.79. The number of piperidine rings is 1. The molecule has 1 atom stereocenters. The zero-order valence-corrected chi connectivity index (χ0v) is 8.79. The maximum Gasteiger partial charge on any atom is 0.0456 e. The molecule has 1 aromatic carbocycles. The van der Waals surface area contributed by atoms with E-state index in [1.54, 1.807) is 0 Å². The minimum atomic E-state index is 0.672. The minimum Gasteiger partial charge on any atom is -0.358 e. The number of hydrogen-bond donors (Lipinski definition) is 2. The van der Waals surface area contributed by atoms with E-state index >= 15 is 0 Å². The summed E-state index contributed by atoms with van der Waals surface area (Å²) in [6.07, 6.45) is 2.60. The topological polar surface area (TPSA) is 27.8 Å². The van der Waals surface area contributed by atoms with Crippen molar-refractivity contribution in [1.29, 1.82) is 0 Å². The highest BCUT2D eigenvalue weighted by Crippen LogP contribution is 2.25. The van der Waals surface area contributed by atoms with Gasteiger partial charge in [-0.1, -0.05) is 18.2 Å². The first-order valence-electron chi connectivity index (χ1n) is 5.72. The van der Waals surface area contributed by atoms with Crippen molar-refractivity contribution < 1.29 is 0 Å². The maximum absolute atomic E-state index is 3.53. The second-order valence-electron chi connectivity index (χ2n) is 4.36. The lowest BCUT2D eigenvalue weighted by Gasteiger charge is -2.21. The molecule has 78 valence electrons. The number of aromatic nitrogens is 1. The summed E-state index contributed by atoms with van der Waals surface area (Å²) >= 11 is 0. The fourth-order valence-electron chi connectivity index (χ4n) is 2.43. The Morgan fingerprint density at radius 1 is 1.20 bits per heavy atom. The Labute approximate surface area is 89.7 Å². The van der Waals surface area contributed by atoms with Crippen LogP contribution < -0.4 is 5.32 Å². The summed E-state index contributed by atoms with van der Waals surface area (Å²) in [6.45, 7) is 2.30. The number of para-hydroxylation sites is 1. The van der Waals surface area contributed by atoms with Gasteiger partial charge in [0.15, 0.2) is 0 Å². The number of fused-ring (bicyclic) bond motifs is 1. The van der Waals surface area contributed by atoms with Gasteiger partial charge in [0.1, 0.15) is 0 Å². The molecule has 2 heteroatoms. The van der Waals surface area contributed by atoms with Gasteiger partial charge in [0.25, 0.3) is 0 Å². The number of aromatic amines is 1. The Hall–Kier alpha value is -1.28. The van der Waals surface area contributed by atoms with Crippen molar-refractivity contribution in [2.24, 2.45) is 0 Å². The van der Waals surface area contributed by atoms with Crippen molar-refractivity contribution in [3.8, 4) is 0 Å². The van der Waals surface area contributed by atoms with Crippen LogP contribution >= 0.6 is 0 Å². The van der Waals surface area contributed by atoms with Gasteiger partial charge in [0, 0.05) is 23.7 Å². The van der Waals surface area contributed by atoms with E-state index in [0.717, 1.165) is 6.54 Å². The van der Waals surface area contributed by atoms with Crippen LogP contribution in [0.5, 0.6) is 0 Å². The molecule has 2 aromatic rings. The third kappa shape index (κ3) is 1.65. The molecule has 1 aromatic heterocycles. The molecule has 0 spiro atoms. The van der Waals surface area contributed by atoms with Crippen LogP contribution in [-0.4, -0.2) is 18.1 Å². The Morgan fingerprint density at radius 3 is 2.93 bits per heavy atom. The van der Waals surface area contributed by atoms with Gasteiger partial charge in [-0.15, -0.1) is 0 Å². The van der Waals surface area contributed by atoms with Crippen LogP contribution in [0.3, 0.4) is 0 Å². The van der Waals surface area contributed by atoms with Crippen LogP contribution in [0.2, 0.25) is 0 Å². The Bertz CT molecular complexity index is 419. The summed E-state index contributed by atoms with van der Waals surface area (Å²) in [4.78, 5) is 3.53.